The van der Waals surface area contributed by atoms with Gasteiger partial charge in [0.2, 0.25) is 0 Å². The number of nitrogens with zero attached hydrogens (tertiary/aromatic N) is 2. The second-order valence-corrected chi connectivity index (χ2v) is 7.02. The van der Waals surface area contributed by atoms with E-state index in [0.717, 1.165) is 23.2 Å². The molecule has 1 fully saturated rings. The van der Waals surface area contributed by atoms with E-state index in [1.165, 1.54) is 12.4 Å². The zero-order chi connectivity index (χ0) is 20.1. The molecular formula is C21H23ClN4O2. The first-order chi connectivity index (χ1) is 13.6. The summed E-state index contributed by atoms with van der Waals surface area (Å²) in [6.45, 7) is 1.90. The predicted molar refractivity (Wildman–Crippen MR) is 113 cm³/mol. The molecule has 3 rings (SSSR count). The number of anilines is 1. The molecule has 1 aliphatic heterocycles. The highest BCUT2D eigenvalue weighted by Gasteiger charge is 2.30. The number of hydrogen-bond acceptors (Lipinski definition) is 4. The molecular weight excluding hydrogens is 376 g/mol. The van der Waals surface area contributed by atoms with Gasteiger partial charge in [-0.25, -0.2) is 4.79 Å². The Hall–Kier alpha value is -2.86. The van der Waals surface area contributed by atoms with Gasteiger partial charge < -0.3 is 20.5 Å². The van der Waals surface area contributed by atoms with Crippen LogP contribution in [-0.4, -0.2) is 50.1 Å². The lowest BCUT2D eigenvalue weighted by Crippen LogP contribution is -2.33. The molecule has 2 N–H and O–H groups in total. The molecule has 0 aliphatic carbocycles. The van der Waals surface area contributed by atoms with Crippen LogP contribution in [0, 0.1) is 10.8 Å². The number of hydrogen-bond donors (Lipinski definition) is 2. The molecule has 0 aromatic heterocycles. The number of urea groups is 1. The average Bonchev–Trinajstić information content (AvgIpc) is 3.08. The molecule has 1 aliphatic rings. The van der Waals surface area contributed by atoms with Gasteiger partial charge in [-0.05, 0) is 30.2 Å². The van der Waals surface area contributed by atoms with Crippen molar-refractivity contribution in [3.8, 4) is 5.75 Å². The fourth-order valence-corrected chi connectivity index (χ4v) is 3.57. The van der Waals surface area contributed by atoms with Crippen LogP contribution in [0.3, 0.4) is 0 Å². The molecule has 0 spiro atoms. The van der Waals surface area contributed by atoms with Gasteiger partial charge in [0.1, 0.15) is 5.75 Å². The van der Waals surface area contributed by atoms with Gasteiger partial charge in [0, 0.05) is 54.4 Å². The van der Waals surface area contributed by atoms with Crippen molar-refractivity contribution < 1.29 is 9.53 Å². The molecule has 0 unspecified atom stereocenters. The van der Waals surface area contributed by atoms with Gasteiger partial charge in [0.15, 0.2) is 0 Å². The molecule has 1 heterocycles. The normalized spacial score (nSPS) is 14.9. The van der Waals surface area contributed by atoms with E-state index < -0.39 is 5.92 Å². The van der Waals surface area contributed by atoms with E-state index in [-0.39, 0.29) is 6.03 Å². The highest BCUT2D eigenvalue weighted by atomic mass is 35.5. The van der Waals surface area contributed by atoms with Crippen molar-refractivity contribution in [1.82, 2.24) is 4.90 Å². The Morgan fingerprint density at radius 3 is 2.64 bits per heavy atom. The zero-order valence-electron chi connectivity index (χ0n) is 15.7. The highest BCUT2D eigenvalue weighted by molar-refractivity contribution is 6.30. The van der Waals surface area contributed by atoms with Crippen LogP contribution in [0.25, 0.3) is 0 Å². The molecule has 2 aromatic carbocycles. The Kier molecular flexibility index (Phi) is 6.31. The van der Waals surface area contributed by atoms with Crippen molar-refractivity contribution in [2.45, 2.75) is 12.3 Å². The largest absolute Gasteiger partial charge is 0.496 e. The minimum Gasteiger partial charge on any atom is -0.496 e. The lowest BCUT2D eigenvalue weighted by molar-refractivity contribution is 0.221. The second-order valence-electron chi connectivity index (χ2n) is 6.59. The zero-order valence-corrected chi connectivity index (χ0v) is 16.4. The van der Waals surface area contributed by atoms with Crippen LogP contribution in [0.2, 0.25) is 5.02 Å². The van der Waals surface area contributed by atoms with Gasteiger partial charge in [-0.1, -0.05) is 29.8 Å². The van der Waals surface area contributed by atoms with E-state index in [4.69, 9.17) is 27.2 Å². The third-order valence-corrected chi connectivity index (χ3v) is 5.14. The molecule has 2 aromatic rings. The third-order valence-electron chi connectivity index (χ3n) is 4.90. The highest BCUT2D eigenvalue weighted by Crippen LogP contribution is 2.31. The summed E-state index contributed by atoms with van der Waals surface area (Å²) in [7, 11) is 1.55. The third kappa shape index (κ3) is 4.17. The van der Waals surface area contributed by atoms with E-state index in [9.17, 15) is 4.79 Å². The smallest absolute Gasteiger partial charge is 0.324 e. The molecule has 0 saturated carbocycles. The Morgan fingerprint density at radius 1 is 1.18 bits per heavy atom. The number of carbonyl (C=O) groups is 1. The number of benzene rings is 2. The molecule has 0 radical (unpaired) electrons. The van der Waals surface area contributed by atoms with E-state index in [1.807, 2.05) is 41.3 Å². The van der Waals surface area contributed by atoms with Gasteiger partial charge in [0.25, 0.3) is 0 Å². The number of nitrogens with one attached hydrogen (secondary N) is 2. The van der Waals surface area contributed by atoms with Crippen LogP contribution >= 0.6 is 11.6 Å². The van der Waals surface area contributed by atoms with Gasteiger partial charge in [-0.15, -0.1) is 0 Å². The first-order valence-corrected chi connectivity index (χ1v) is 9.45. The Bertz CT molecular complexity index is 878. The number of methoxy groups -OCH3 is 1. The van der Waals surface area contributed by atoms with Crippen LogP contribution in [0.15, 0.2) is 42.5 Å². The standard InChI is InChI=1S/C21H23ClN4O2/c1-28-20-12-18(5-6-19(20)16(13-23)14-24)26-10-9-25(21(26)27)8-7-15-3-2-4-17(22)11-15/h2-6,11-14,16,23-24H,7-10H2,1H3. The lowest BCUT2D eigenvalue weighted by atomic mass is 10.00. The quantitative estimate of drug-likeness (QED) is 0.653. The number of halogens is 1. The minimum atomic E-state index is -0.438. The van der Waals surface area contributed by atoms with Crippen LogP contribution in [0.1, 0.15) is 17.0 Å². The maximum absolute atomic E-state index is 12.8. The summed E-state index contributed by atoms with van der Waals surface area (Å²) in [5.74, 6) is 0.132. The summed E-state index contributed by atoms with van der Waals surface area (Å²) in [4.78, 5) is 16.4. The Balaban J connectivity index is 1.71. The molecule has 28 heavy (non-hydrogen) atoms. The Labute approximate surface area is 169 Å². The monoisotopic (exact) mass is 398 g/mol. The molecule has 7 heteroatoms. The first-order valence-electron chi connectivity index (χ1n) is 9.07. The number of amides is 2. The van der Waals surface area contributed by atoms with E-state index in [0.29, 0.717) is 30.4 Å². The number of rotatable bonds is 8. The minimum absolute atomic E-state index is 0.0347. The number of ether oxygens (including phenoxy) is 1. The van der Waals surface area contributed by atoms with E-state index in [2.05, 4.69) is 0 Å². The predicted octanol–water partition coefficient (Wildman–Crippen LogP) is 4.22. The van der Waals surface area contributed by atoms with Gasteiger partial charge in [-0.2, -0.15) is 0 Å². The van der Waals surface area contributed by atoms with Crippen LogP contribution in [0.4, 0.5) is 10.5 Å². The van der Waals surface area contributed by atoms with Crippen molar-refractivity contribution in [1.29, 1.82) is 10.8 Å². The SMILES string of the molecule is COc1cc(N2CCN(CCc3cccc(Cl)c3)C2=O)ccc1C(C=N)C=N. The summed E-state index contributed by atoms with van der Waals surface area (Å²) in [5.41, 5.74) is 2.60. The summed E-state index contributed by atoms with van der Waals surface area (Å²) in [6, 6.07) is 13.1. The first kappa shape index (κ1) is 19.9. The van der Waals surface area contributed by atoms with Crippen LogP contribution in [0.5, 0.6) is 5.75 Å². The van der Waals surface area contributed by atoms with Gasteiger partial charge >= 0.3 is 6.03 Å². The van der Waals surface area contributed by atoms with E-state index in [1.54, 1.807) is 18.1 Å². The molecule has 6 nitrogen and oxygen atoms in total. The summed E-state index contributed by atoms with van der Waals surface area (Å²) >= 11 is 6.03. The molecule has 0 bridgehead atoms. The topological polar surface area (TPSA) is 80.5 Å². The van der Waals surface area contributed by atoms with Crippen molar-refractivity contribution in [2.24, 2.45) is 0 Å². The fourth-order valence-electron chi connectivity index (χ4n) is 3.36. The second kappa shape index (κ2) is 8.89. The maximum atomic E-state index is 12.8. The molecule has 2 amide bonds. The van der Waals surface area contributed by atoms with Crippen LogP contribution in [-0.2, 0) is 6.42 Å². The maximum Gasteiger partial charge on any atom is 0.324 e. The average molecular weight is 399 g/mol. The molecule has 146 valence electrons. The van der Waals surface area contributed by atoms with Gasteiger partial charge in [0.05, 0.1) is 13.0 Å². The van der Waals surface area contributed by atoms with Gasteiger partial charge in [-0.3, -0.25) is 4.90 Å². The molecule has 0 atom stereocenters. The Morgan fingerprint density at radius 2 is 1.96 bits per heavy atom. The summed E-state index contributed by atoms with van der Waals surface area (Å²) in [5, 5.41) is 15.6. The van der Waals surface area contributed by atoms with Crippen molar-refractivity contribution >= 4 is 35.7 Å². The summed E-state index contributed by atoms with van der Waals surface area (Å²) in [6.07, 6.45) is 3.15. The van der Waals surface area contributed by atoms with Crippen LogP contribution < -0.4 is 9.64 Å². The fraction of sp³-hybridized carbons (Fsp3) is 0.286. The van der Waals surface area contributed by atoms with E-state index >= 15 is 0 Å². The van der Waals surface area contributed by atoms with Crippen molar-refractivity contribution in [3.63, 3.8) is 0 Å². The lowest BCUT2D eigenvalue weighted by Gasteiger charge is -2.20. The van der Waals surface area contributed by atoms with Crippen molar-refractivity contribution in [3.05, 3.63) is 58.6 Å². The van der Waals surface area contributed by atoms with Crippen molar-refractivity contribution in [2.75, 3.05) is 31.6 Å². The molecule has 1 saturated heterocycles. The number of carbonyl (C=O) groups excluding carboxylic acids is 1. The summed E-state index contributed by atoms with van der Waals surface area (Å²) < 4.78 is 5.44.